The largest absolute Gasteiger partial charge is 0.351 e. The fraction of sp³-hybridized carbons (Fsp3) is 0.429. The van der Waals surface area contributed by atoms with E-state index in [1.165, 1.54) is 0 Å². The number of anilines is 2. The number of halogens is 3. The lowest BCUT2D eigenvalue weighted by Crippen LogP contribution is -2.57. The molecule has 2 rings (SSSR count). The van der Waals surface area contributed by atoms with Crippen LogP contribution in [0.3, 0.4) is 0 Å². The normalized spacial score (nSPS) is 12.2. The van der Waals surface area contributed by atoms with Crippen LogP contribution in [-0.2, 0) is 0 Å². The molecule has 0 saturated carbocycles. The first kappa shape index (κ1) is 18.9. The Balaban J connectivity index is 2.39. The number of aromatic nitrogens is 4. The molecule has 10 heteroatoms. The summed E-state index contributed by atoms with van der Waals surface area (Å²) in [6.07, 6.45) is 0. The van der Waals surface area contributed by atoms with Crippen molar-refractivity contribution < 1.29 is 5.11 Å². The molecule has 0 aliphatic heterocycles. The number of nitrogens with one attached hydrogen (secondary N) is 2. The van der Waals surface area contributed by atoms with Gasteiger partial charge in [-0.2, -0.15) is 0 Å². The second-order valence-corrected chi connectivity index (χ2v) is 7.69. The molecule has 7 nitrogen and oxygen atoms in total. The van der Waals surface area contributed by atoms with E-state index >= 15 is 0 Å². The predicted molar refractivity (Wildman–Crippen MR) is 95.5 cm³/mol. The van der Waals surface area contributed by atoms with Crippen LogP contribution in [0.5, 0.6) is 0 Å². The van der Waals surface area contributed by atoms with Crippen LogP contribution in [0.4, 0.5) is 11.9 Å². The fourth-order valence-electron chi connectivity index (χ4n) is 2.06. The topological polar surface area (TPSA) is 95.9 Å². The summed E-state index contributed by atoms with van der Waals surface area (Å²) >= 11 is 17.8. The highest BCUT2D eigenvalue weighted by Crippen LogP contribution is 2.38. The van der Waals surface area contributed by atoms with E-state index in [1.807, 2.05) is 0 Å². The molecule has 130 valence electrons. The molecule has 3 N–H and O–H groups in total. The van der Waals surface area contributed by atoms with E-state index in [-0.39, 0.29) is 11.9 Å². The van der Waals surface area contributed by atoms with Gasteiger partial charge in [0.25, 0.3) is 9.64 Å². The maximum Gasteiger partial charge on any atom is 0.268 e. The van der Waals surface area contributed by atoms with Gasteiger partial charge in [0.2, 0.25) is 11.9 Å². The average molecular weight is 392 g/mol. The van der Waals surface area contributed by atoms with Crippen LogP contribution in [0.15, 0.2) is 12.1 Å². The summed E-state index contributed by atoms with van der Waals surface area (Å²) in [5, 5.41) is 16.1. The van der Waals surface area contributed by atoms with Crippen LogP contribution >= 0.6 is 34.8 Å². The molecule has 2 aromatic rings. The molecule has 0 saturated heterocycles. The maximum atomic E-state index is 10.8. The molecule has 0 aliphatic carbocycles. The Hall–Kier alpha value is -1.41. The number of hydrogen-bond donors (Lipinski definition) is 3. The number of hydrogen-bond acceptors (Lipinski definition) is 7. The second kappa shape index (κ2) is 6.84. The Morgan fingerprint density at radius 1 is 0.750 bits per heavy atom. The highest BCUT2D eigenvalue weighted by molar-refractivity contribution is 6.68. The third-order valence-corrected chi connectivity index (χ3v) is 3.78. The Kier molecular flexibility index (Phi) is 5.39. The van der Waals surface area contributed by atoms with E-state index in [0.29, 0.717) is 22.8 Å². The highest BCUT2D eigenvalue weighted by Gasteiger charge is 2.49. The molecule has 0 bridgehead atoms. The summed E-state index contributed by atoms with van der Waals surface area (Å²) in [6, 6.07) is 3.56. The van der Waals surface area contributed by atoms with Crippen LogP contribution < -0.4 is 10.6 Å². The zero-order chi connectivity index (χ0) is 18.1. The molecule has 0 amide bonds. The van der Waals surface area contributed by atoms with Gasteiger partial charge in [0.1, 0.15) is 0 Å². The van der Waals surface area contributed by atoms with E-state index in [4.69, 9.17) is 34.8 Å². The molecule has 24 heavy (non-hydrogen) atoms. The van der Waals surface area contributed by atoms with Crippen LogP contribution in [0.2, 0.25) is 0 Å². The Morgan fingerprint density at radius 3 is 1.29 bits per heavy atom. The molecule has 2 heterocycles. The SMILES string of the molecule is Cc1cc(C)nc(NC(O)(Nc2nc(C)cc(C)n2)C(Cl)(Cl)Cl)n1. The molecular weight excluding hydrogens is 375 g/mol. The molecule has 0 radical (unpaired) electrons. The summed E-state index contributed by atoms with van der Waals surface area (Å²) in [5.41, 5.74) is 2.78. The minimum atomic E-state index is -2.24. The summed E-state index contributed by atoms with van der Waals surface area (Å²) in [5.74, 6) is -2.05. The van der Waals surface area contributed by atoms with E-state index in [2.05, 4.69) is 30.6 Å². The minimum absolute atomic E-state index is 0.0956. The number of rotatable bonds is 4. The number of aliphatic hydroxyl groups is 1. The van der Waals surface area contributed by atoms with Crippen molar-refractivity contribution in [3.05, 3.63) is 34.9 Å². The van der Waals surface area contributed by atoms with Gasteiger partial charge >= 0.3 is 0 Å². The maximum absolute atomic E-state index is 10.8. The van der Waals surface area contributed by atoms with Gasteiger partial charge in [0.05, 0.1) is 0 Å². The minimum Gasteiger partial charge on any atom is -0.351 e. The summed E-state index contributed by atoms with van der Waals surface area (Å²) in [6.45, 7) is 7.15. The lowest BCUT2D eigenvalue weighted by molar-refractivity contribution is 0.102. The molecule has 0 fully saturated rings. The Morgan fingerprint density at radius 2 is 1.04 bits per heavy atom. The second-order valence-electron chi connectivity index (χ2n) is 5.41. The third kappa shape index (κ3) is 4.57. The molecule has 0 spiro atoms. The lowest BCUT2D eigenvalue weighted by Gasteiger charge is -2.35. The molecular formula is C14H17Cl3N6O. The quantitative estimate of drug-likeness (QED) is 0.544. The van der Waals surface area contributed by atoms with Gasteiger partial charge in [-0.3, -0.25) is 0 Å². The van der Waals surface area contributed by atoms with E-state index in [1.54, 1.807) is 39.8 Å². The van der Waals surface area contributed by atoms with Gasteiger partial charge in [-0.05, 0) is 39.8 Å². The van der Waals surface area contributed by atoms with Gasteiger partial charge in [0, 0.05) is 22.8 Å². The molecule has 0 aromatic carbocycles. The van der Waals surface area contributed by atoms with Crippen molar-refractivity contribution in [2.24, 2.45) is 0 Å². The summed E-state index contributed by atoms with van der Waals surface area (Å²) < 4.78 is -2.17. The predicted octanol–water partition coefficient (Wildman–Crippen LogP) is 3.04. The smallest absolute Gasteiger partial charge is 0.268 e. The van der Waals surface area contributed by atoms with Gasteiger partial charge < -0.3 is 15.7 Å². The molecule has 0 aliphatic rings. The number of alkyl halides is 3. The van der Waals surface area contributed by atoms with Crippen molar-refractivity contribution in [1.82, 2.24) is 19.9 Å². The lowest BCUT2D eigenvalue weighted by atomic mass is 10.3. The Labute approximate surface area is 154 Å². The third-order valence-electron chi connectivity index (χ3n) is 2.96. The number of nitrogens with zero attached hydrogens (tertiary/aromatic N) is 4. The van der Waals surface area contributed by atoms with E-state index in [0.717, 1.165) is 0 Å². The molecule has 0 unspecified atom stereocenters. The summed E-state index contributed by atoms with van der Waals surface area (Å²) in [4.78, 5) is 16.7. The van der Waals surface area contributed by atoms with Crippen molar-refractivity contribution in [3.8, 4) is 0 Å². The summed E-state index contributed by atoms with van der Waals surface area (Å²) in [7, 11) is 0. The van der Waals surface area contributed by atoms with Crippen LogP contribution in [0.1, 0.15) is 22.8 Å². The monoisotopic (exact) mass is 390 g/mol. The number of aryl methyl sites for hydroxylation is 4. The fourth-order valence-corrected chi connectivity index (χ4v) is 2.34. The average Bonchev–Trinajstić information content (AvgIpc) is 2.33. The highest BCUT2D eigenvalue weighted by atomic mass is 35.6. The van der Waals surface area contributed by atoms with Gasteiger partial charge in [-0.15, -0.1) is 0 Å². The first-order chi connectivity index (χ1) is 11.0. The van der Waals surface area contributed by atoms with Crippen molar-refractivity contribution in [2.75, 3.05) is 10.6 Å². The van der Waals surface area contributed by atoms with Gasteiger partial charge in [0.15, 0.2) is 0 Å². The van der Waals surface area contributed by atoms with E-state index in [9.17, 15) is 5.11 Å². The standard InChI is InChI=1S/C14H17Cl3N6O/c1-7-5-8(2)19-11(18-7)22-14(24,13(15,16)17)23-12-20-9(3)6-10(4)21-12/h5-6,24H,1-4H3,(H,18,19,22)(H,20,21,23). The van der Waals surface area contributed by atoms with Gasteiger partial charge in [-0.25, -0.2) is 19.9 Å². The molecule has 0 atom stereocenters. The first-order valence-corrected chi connectivity index (χ1v) is 8.12. The van der Waals surface area contributed by atoms with Crippen LogP contribution in [0.25, 0.3) is 0 Å². The van der Waals surface area contributed by atoms with Crippen molar-refractivity contribution >= 4 is 46.7 Å². The van der Waals surface area contributed by atoms with Crippen LogP contribution in [-0.4, -0.2) is 34.7 Å². The molecule has 2 aromatic heterocycles. The first-order valence-electron chi connectivity index (χ1n) is 6.98. The van der Waals surface area contributed by atoms with Crippen molar-refractivity contribution in [2.45, 2.75) is 37.3 Å². The van der Waals surface area contributed by atoms with Crippen LogP contribution in [0, 0.1) is 27.7 Å². The van der Waals surface area contributed by atoms with Gasteiger partial charge in [-0.1, -0.05) is 34.8 Å². The van der Waals surface area contributed by atoms with Crippen molar-refractivity contribution in [3.63, 3.8) is 0 Å². The van der Waals surface area contributed by atoms with Crippen molar-refractivity contribution in [1.29, 1.82) is 0 Å². The zero-order valence-corrected chi connectivity index (χ0v) is 15.8. The Bertz CT molecular complexity index is 656. The zero-order valence-electron chi connectivity index (χ0n) is 13.5. The van der Waals surface area contributed by atoms with E-state index < -0.39 is 9.64 Å².